The Morgan fingerprint density at radius 3 is 2.17 bits per heavy atom. The fraction of sp³-hybridized carbons (Fsp3) is 0.635. The molecule has 0 spiro atoms. The zero-order chi connectivity index (χ0) is 54.1. The van der Waals surface area contributed by atoms with Gasteiger partial charge in [0.15, 0.2) is 36.3 Å². The minimum atomic E-state index is -1.61. The Morgan fingerprint density at radius 2 is 1.57 bits per heavy atom. The number of benzene rings is 1. The van der Waals surface area contributed by atoms with Gasteiger partial charge in [0.05, 0.1) is 47.5 Å². The number of hydrogen-bond acceptors (Lipinski definition) is 18. The quantitative estimate of drug-likeness (QED) is 0.0655. The minimum Gasteiger partial charge on any atom is -0.505 e. The number of methoxy groups -OCH3 is 1. The Hall–Kier alpha value is -3.89. The number of phenols is 2. The number of cyclic esters (lactones) is 1. The number of aromatic hydroxyl groups is 2. The molecular weight excluding hydrogens is 983 g/mol. The van der Waals surface area contributed by atoms with Crippen LogP contribution in [0.25, 0.3) is 0 Å². The average Bonchev–Trinajstić information content (AvgIpc) is 3.32. The summed E-state index contributed by atoms with van der Waals surface area (Å²) < 4.78 is 47.5. The molecule has 3 aliphatic rings. The first kappa shape index (κ1) is 60.7. The Bertz CT molecular complexity index is 2220. The third kappa shape index (κ3) is 14.7. The molecule has 0 radical (unpaired) electrons. The number of hydrogen-bond donors (Lipinski definition) is 7. The van der Waals surface area contributed by atoms with Crippen molar-refractivity contribution in [3.8, 4) is 11.5 Å². The van der Waals surface area contributed by atoms with E-state index in [0.717, 1.165) is 0 Å². The lowest BCUT2D eigenvalue weighted by molar-refractivity contribution is -0.333. The number of carbonyl (C=O) groups is 3. The maximum Gasteiger partial charge on any atom is 0.342 e. The number of ether oxygens (including phenoxy) is 8. The van der Waals surface area contributed by atoms with Crippen LogP contribution in [0.4, 0.5) is 0 Å². The number of allylic oxidation sites excluding steroid dienone is 4. The molecule has 14 atom stereocenters. The third-order valence-electron chi connectivity index (χ3n) is 13.0. The molecule has 14 unspecified atom stereocenters. The number of phenolic OH excluding ortho intramolecular Hbond substituents is 2. The summed E-state index contributed by atoms with van der Waals surface area (Å²) in [7, 11) is 1.26. The fourth-order valence-corrected chi connectivity index (χ4v) is 9.16. The summed E-state index contributed by atoms with van der Waals surface area (Å²) in [6.07, 6.45) is -5.45. The fourth-order valence-electron chi connectivity index (χ4n) is 8.60. The molecule has 18 nitrogen and oxygen atoms in total. The normalized spacial score (nSPS) is 34.8. The summed E-state index contributed by atoms with van der Waals surface area (Å²) in [5, 5.41) is 76.5. The molecule has 3 heterocycles. The van der Waals surface area contributed by atoms with Gasteiger partial charge in [0.1, 0.15) is 46.7 Å². The van der Waals surface area contributed by atoms with Crippen molar-refractivity contribution in [2.45, 2.75) is 187 Å². The third-order valence-corrected chi connectivity index (χ3v) is 13.8. The van der Waals surface area contributed by atoms with Gasteiger partial charge in [-0.25, -0.2) is 9.59 Å². The van der Waals surface area contributed by atoms with Crippen LogP contribution in [-0.2, 0) is 53.9 Å². The topological polar surface area (TPSA) is 267 Å². The van der Waals surface area contributed by atoms with Gasteiger partial charge in [0, 0.05) is 19.4 Å². The van der Waals surface area contributed by atoms with E-state index in [1.165, 1.54) is 33.1 Å². The Labute approximate surface area is 431 Å². The Morgan fingerprint density at radius 1 is 0.903 bits per heavy atom. The SMILES string of the molecule is CCc1c(Cl)c(O)c(Cl)c(O)c1C(=O)OC1C(C)OC(OC/C2=C/C=C/CC(O)/C(C)=C\C(CC)C(OC3OC(C)(C)C(OC(=O)C(C)C)C(O)C3O)/C(C)=C/C(C)=C/CC(C(C)O)OC2=O)C(OC)C1O. The minimum absolute atomic E-state index is 0.0372. The van der Waals surface area contributed by atoms with E-state index < -0.39 is 144 Å². The molecule has 404 valence electrons. The van der Waals surface area contributed by atoms with Crippen molar-refractivity contribution in [1.82, 2.24) is 0 Å². The first-order valence-corrected chi connectivity index (χ1v) is 24.9. The van der Waals surface area contributed by atoms with Gasteiger partial charge in [0.25, 0.3) is 0 Å². The number of halogens is 2. The standard InChI is InChI=1S/C52H74Cl2O18/c1-13-30-22-26(6)33(56)18-16-15-17-31(23-66-51-45(65-12)42(61)44(29(9)67-51)69-49(64)35-32(14-2)36(53)39(58)37(54)38(35)57)48(63)68-34(28(8)55)20-19-25(5)21-27(7)43(30)70-50-41(60)40(59)46(52(10,11)72-50)71-47(62)24(3)4/h15-17,19,21-22,24,28-30,33-34,40-46,50-51,55-61H,13-14,18,20,23H2,1-12H3/b16-15+,25-19+,26-22-,27-21+,31-17-. The van der Waals surface area contributed by atoms with Crippen molar-refractivity contribution in [3.63, 3.8) is 0 Å². The summed E-state index contributed by atoms with van der Waals surface area (Å²) in [5.74, 6) is -4.78. The van der Waals surface area contributed by atoms with Crippen molar-refractivity contribution in [1.29, 1.82) is 0 Å². The highest BCUT2D eigenvalue weighted by atomic mass is 35.5. The molecule has 1 aromatic rings. The van der Waals surface area contributed by atoms with Crippen molar-refractivity contribution < 1.29 is 88.0 Å². The van der Waals surface area contributed by atoms with Gasteiger partial charge in [0.2, 0.25) is 0 Å². The molecule has 2 fully saturated rings. The highest BCUT2D eigenvalue weighted by molar-refractivity contribution is 6.39. The largest absolute Gasteiger partial charge is 0.505 e. The van der Waals surface area contributed by atoms with Gasteiger partial charge in [-0.05, 0) is 90.5 Å². The molecule has 0 aliphatic carbocycles. The maximum atomic E-state index is 13.9. The van der Waals surface area contributed by atoms with Crippen LogP contribution in [0.2, 0.25) is 10.0 Å². The molecular formula is C52H74Cl2O18. The second-order valence-electron chi connectivity index (χ2n) is 19.4. The van der Waals surface area contributed by atoms with Crippen LogP contribution >= 0.6 is 23.2 Å². The van der Waals surface area contributed by atoms with Crippen LogP contribution in [0.3, 0.4) is 0 Å². The summed E-state index contributed by atoms with van der Waals surface area (Å²) in [6, 6.07) is 0. The number of rotatable bonds is 13. The Balaban J connectivity index is 1.61. The van der Waals surface area contributed by atoms with Crippen molar-refractivity contribution in [3.05, 3.63) is 79.9 Å². The van der Waals surface area contributed by atoms with Gasteiger partial charge < -0.3 is 73.6 Å². The molecule has 0 bridgehead atoms. The lowest BCUT2D eigenvalue weighted by Gasteiger charge is -2.47. The van der Waals surface area contributed by atoms with Crippen molar-refractivity contribution >= 4 is 41.1 Å². The smallest absolute Gasteiger partial charge is 0.342 e. The maximum absolute atomic E-state index is 13.9. The van der Waals surface area contributed by atoms with E-state index in [9.17, 15) is 50.1 Å². The molecule has 2 saturated heterocycles. The summed E-state index contributed by atoms with van der Waals surface area (Å²) >= 11 is 12.3. The van der Waals surface area contributed by atoms with Crippen LogP contribution in [0.15, 0.2) is 58.7 Å². The molecule has 3 aliphatic heterocycles. The van der Waals surface area contributed by atoms with E-state index in [0.29, 0.717) is 23.1 Å². The monoisotopic (exact) mass is 1060 g/mol. The molecule has 7 N–H and O–H groups in total. The van der Waals surface area contributed by atoms with Gasteiger partial charge in [-0.3, -0.25) is 4.79 Å². The zero-order valence-electron chi connectivity index (χ0n) is 43.0. The van der Waals surface area contributed by atoms with Crippen LogP contribution in [0, 0.1) is 11.8 Å². The van der Waals surface area contributed by atoms with Crippen LogP contribution in [-0.4, -0.2) is 153 Å². The lowest BCUT2D eigenvalue weighted by Crippen LogP contribution is -2.64. The summed E-state index contributed by atoms with van der Waals surface area (Å²) in [6.45, 7) is 18.1. The number of aliphatic hydroxyl groups excluding tert-OH is 5. The van der Waals surface area contributed by atoms with Crippen LogP contribution < -0.4 is 0 Å². The number of aliphatic hydroxyl groups is 5. The van der Waals surface area contributed by atoms with E-state index >= 15 is 0 Å². The van der Waals surface area contributed by atoms with Gasteiger partial charge in [-0.15, -0.1) is 0 Å². The predicted octanol–water partition coefficient (Wildman–Crippen LogP) is 6.23. The van der Waals surface area contributed by atoms with Crippen LogP contribution in [0.5, 0.6) is 11.5 Å². The second-order valence-corrected chi connectivity index (χ2v) is 20.1. The molecule has 0 amide bonds. The first-order chi connectivity index (χ1) is 33.7. The number of carbonyl (C=O) groups excluding carboxylic acids is 3. The average molecular weight is 1060 g/mol. The predicted molar refractivity (Wildman–Crippen MR) is 265 cm³/mol. The zero-order valence-corrected chi connectivity index (χ0v) is 44.5. The number of esters is 3. The Kier molecular flexibility index (Phi) is 22.4. The van der Waals surface area contributed by atoms with Gasteiger partial charge in [-0.2, -0.15) is 0 Å². The van der Waals surface area contributed by atoms with Crippen molar-refractivity contribution in [2.75, 3.05) is 13.7 Å². The molecule has 0 aromatic heterocycles. The van der Waals surface area contributed by atoms with Crippen molar-refractivity contribution in [2.24, 2.45) is 11.8 Å². The molecule has 20 heteroatoms. The lowest BCUT2D eigenvalue weighted by atomic mass is 9.88. The summed E-state index contributed by atoms with van der Waals surface area (Å²) in [4.78, 5) is 40.0. The van der Waals surface area contributed by atoms with Crippen LogP contribution in [0.1, 0.15) is 111 Å². The summed E-state index contributed by atoms with van der Waals surface area (Å²) in [5.41, 5.74) is 0.318. The van der Waals surface area contributed by atoms with E-state index in [1.807, 2.05) is 32.9 Å². The van der Waals surface area contributed by atoms with Gasteiger partial charge in [-0.1, -0.05) is 86.9 Å². The molecule has 1 aromatic carbocycles. The first-order valence-electron chi connectivity index (χ1n) is 24.2. The molecule has 0 saturated carbocycles. The van der Waals surface area contributed by atoms with Gasteiger partial charge >= 0.3 is 17.9 Å². The highest BCUT2D eigenvalue weighted by Gasteiger charge is 2.53. The molecule has 4 rings (SSSR count). The van der Waals surface area contributed by atoms with E-state index in [4.69, 9.17) is 61.1 Å². The second kappa shape index (κ2) is 26.5. The van der Waals surface area contributed by atoms with E-state index in [2.05, 4.69) is 0 Å². The highest BCUT2D eigenvalue weighted by Crippen LogP contribution is 2.45. The van der Waals surface area contributed by atoms with E-state index in [1.54, 1.807) is 53.7 Å². The van der Waals surface area contributed by atoms with E-state index in [-0.39, 0.29) is 35.4 Å². The molecule has 72 heavy (non-hydrogen) atoms.